The molecule has 1 amide bonds. The highest BCUT2D eigenvalue weighted by Crippen LogP contribution is 2.36. The molecule has 2 rings (SSSR count). The summed E-state index contributed by atoms with van der Waals surface area (Å²) in [7, 11) is 1.53. The normalized spacial score (nSPS) is 16.5. The van der Waals surface area contributed by atoms with Gasteiger partial charge in [-0.2, -0.15) is 0 Å². The first-order valence-electron chi connectivity index (χ1n) is 8.62. The van der Waals surface area contributed by atoms with Crippen LogP contribution in [0.15, 0.2) is 12.1 Å². The van der Waals surface area contributed by atoms with Crippen LogP contribution in [0.3, 0.4) is 0 Å². The molecule has 0 heterocycles. The quantitative estimate of drug-likeness (QED) is 0.787. The molecule has 1 saturated carbocycles. The third kappa shape index (κ3) is 4.54. The van der Waals surface area contributed by atoms with Crippen LogP contribution in [0.2, 0.25) is 5.02 Å². The molecule has 24 heavy (non-hydrogen) atoms. The summed E-state index contributed by atoms with van der Waals surface area (Å²) in [5, 5.41) is 3.43. The lowest BCUT2D eigenvalue weighted by Crippen LogP contribution is -2.45. The van der Waals surface area contributed by atoms with Crippen LogP contribution in [0, 0.1) is 5.92 Å². The maximum absolute atomic E-state index is 12.6. The summed E-state index contributed by atoms with van der Waals surface area (Å²) in [6, 6.07) is 3.26. The Bertz CT molecular complexity index is 559. The van der Waals surface area contributed by atoms with Crippen LogP contribution in [-0.4, -0.2) is 32.2 Å². The van der Waals surface area contributed by atoms with E-state index >= 15 is 0 Å². The monoisotopic (exact) mass is 354 g/mol. The minimum Gasteiger partial charge on any atom is -0.493 e. The number of nitrogens with one attached hydrogen (secondary N) is 1. The summed E-state index contributed by atoms with van der Waals surface area (Å²) in [6.07, 6.45) is 5.93. The van der Waals surface area contributed by atoms with E-state index in [1.807, 2.05) is 6.92 Å². The zero-order valence-electron chi connectivity index (χ0n) is 14.4. The number of halogens is 1. The average Bonchev–Trinajstić information content (AvgIpc) is 2.61. The molecule has 1 unspecified atom stereocenters. The van der Waals surface area contributed by atoms with Crippen molar-refractivity contribution in [2.24, 2.45) is 11.7 Å². The number of benzene rings is 1. The Labute approximate surface area is 148 Å². The molecule has 134 valence electrons. The van der Waals surface area contributed by atoms with E-state index in [1.165, 1.54) is 26.4 Å². The highest BCUT2D eigenvalue weighted by atomic mass is 35.5. The van der Waals surface area contributed by atoms with Crippen molar-refractivity contribution >= 4 is 17.5 Å². The first kappa shape index (κ1) is 18.9. The van der Waals surface area contributed by atoms with E-state index in [0.29, 0.717) is 41.2 Å². The molecule has 0 spiro atoms. The summed E-state index contributed by atoms with van der Waals surface area (Å²) in [4.78, 5) is 12.6. The first-order chi connectivity index (χ1) is 11.6. The van der Waals surface area contributed by atoms with Gasteiger partial charge in [0.25, 0.3) is 5.91 Å². The number of hydrogen-bond acceptors (Lipinski definition) is 4. The Morgan fingerprint density at radius 2 is 2.08 bits per heavy atom. The molecule has 0 aliphatic heterocycles. The molecule has 1 atom stereocenters. The van der Waals surface area contributed by atoms with Crippen LogP contribution in [-0.2, 0) is 0 Å². The van der Waals surface area contributed by atoms with E-state index < -0.39 is 0 Å². The molecular weight excluding hydrogens is 328 g/mol. The third-order valence-electron chi connectivity index (χ3n) is 4.57. The van der Waals surface area contributed by atoms with Crippen LogP contribution in [0.1, 0.15) is 49.4 Å². The molecule has 1 aromatic carbocycles. The van der Waals surface area contributed by atoms with Crippen molar-refractivity contribution in [3.8, 4) is 11.5 Å². The summed E-state index contributed by atoms with van der Waals surface area (Å²) >= 11 is 6.25. The Balaban J connectivity index is 2.14. The maximum atomic E-state index is 12.6. The number of carbonyl (C=O) groups excluding carboxylic acids is 1. The van der Waals surface area contributed by atoms with E-state index in [1.54, 1.807) is 12.1 Å². The van der Waals surface area contributed by atoms with Crippen LogP contribution < -0.4 is 20.5 Å². The molecule has 1 fully saturated rings. The van der Waals surface area contributed by atoms with Crippen molar-refractivity contribution in [2.45, 2.75) is 45.1 Å². The predicted molar refractivity (Wildman–Crippen MR) is 96.1 cm³/mol. The second kappa shape index (κ2) is 9.14. The fourth-order valence-electron chi connectivity index (χ4n) is 3.29. The Kier molecular flexibility index (Phi) is 7.18. The topological polar surface area (TPSA) is 73.6 Å². The van der Waals surface area contributed by atoms with Gasteiger partial charge in [0.1, 0.15) is 0 Å². The largest absolute Gasteiger partial charge is 0.493 e. The smallest absolute Gasteiger partial charge is 0.251 e. The molecule has 1 aromatic rings. The second-order valence-electron chi connectivity index (χ2n) is 6.14. The number of nitrogens with two attached hydrogens (primary N) is 1. The van der Waals surface area contributed by atoms with Gasteiger partial charge in [0.2, 0.25) is 0 Å². The van der Waals surface area contributed by atoms with E-state index in [9.17, 15) is 4.79 Å². The Morgan fingerprint density at radius 1 is 1.38 bits per heavy atom. The molecule has 0 bridgehead atoms. The molecular formula is C18H27ClN2O3. The van der Waals surface area contributed by atoms with E-state index in [4.69, 9.17) is 26.8 Å². The standard InChI is InChI=1S/C18H27ClN2O3/c1-3-24-17-14(19)9-13(10-16(17)23-2)18(22)21-15(11-20)12-7-5-4-6-8-12/h9-10,12,15H,3-8,11,20H2,1-2H3,(H,21,22). The predicted octanol–water partition coefficient (Wildman–Crippen LogP) is 3.38. The lowest BCUT2D eigenvalue weighted by atomic mass is 9.84. The van der Waals surface area contributed by atoms with Gasteiger partial charge in [-0.25, -0.2) is 0 Å². The van der Waals surface area contributed by atoms with Gasteiger partial charge in [0.05, 0.1) is 18.7 Å². The van der Waals surface area contributed by atoms with Gasteiger partial charge in [0.15, 0.2) is 11.5 Å². The highest BCUT2D eigenvalue weighted by molar-refractivity contribution is 6.32. The van der Waals surface area contributed by atoms with Crippen molar-refractivity contribution in [3.05, 3.63) is 22.7 Å². The van der Waals surface area contributed by atoms with E-state index in [-0.39, 0.29) is 11.9 Å². The summed E-state index contributed by atoms with van der Waals surface area (Å²) in [6.45, 7) is 2.78. The first-order valence-corrected chi connectivity index (χ1v) is 8.99. The van der Waals surface area contributed by atoms with Gasteiger partial charge in [-0.3, -0.25) is 4.79 Å². The molecule has 0 radical (unpaired) electrons. The summed E-state index contributed by atoms with van der Waals surface area (Å²) in [5.41, 5.74) is 6.35. The Morgan fingerprint density at radius 3 is 2.67 bits per heavy atom. The van der Waals surface area contributed by atoms with Gasteiger partial charge < -0.3 is 20.5 Å². The van der Waals surface area contributed by atoms with Crippen LogP contribution in [0.25, 0.3) is 0 Å². The molecule has 1 aliphatic carbocycles. The fourth-order valence-corrected chi connectivity index (χ4v) is 3.56. The van der Waals surface area contributed by atoms with Crippen molar-refractivity contribution in [2.75, 3.05) is 20.3 Å². The van der Waals surface area contributed by atoms with Crippen molar-refractivity contribution in [3.63, 3.8) is 0 Å². The van der Waals surface area contributed by atoms with E-state index in [2.05, 4.69) is 5.32 Å². The number of carbonyl (C=O) groups is 1. The number of methoxy groups -OCH3 is 1. The molecule has 0 saturated heterocycles. The van der Waals surface area contributed by atoms with Gasteiger partial charge in [-0.15, -0.1) is 0 Å². The fraction of sp³-hybridized carbons (Fsp3) is 0.611. The van der Waals surface area contributed by atoms with Crippen molar-refractivity contribution in [1.29, 1.82) is 0 Å². The second-order valence-corrected chi connectivity index (χ2v) is 6.54. The van der Waals surface area contributed by atoms with Crippen LogP contribution in [0.5, 0.6) is 11.5 Å². The number of rotatable bonds is 7. The number of amides is 1. The lowest BCUT2D eigenvalue weighted by molar-refractivity contribution is 0.0915. The minimum absolute atomic E-state index is 0.00543. The molecule has 5 nitrogen and oxygen atoms in total. The molecule has 3 N–H and O–H groups in total. The third-order valence-corrected chi connectivity index (χ3v) is 4.85. The lowest BCUT2D eigenvalue weighted by Gasteiger charge is -2.30. The van der Waals surface area contributed by atoms with Gasteiger partial charge in [-0.1, -0.05) is 30.9 Å². The zero-order valence-corrected chi connectivity index (χ0v) is 15.2. The summed E-state index contributed by atoms with van der Waals surface area (Å²) in [5.74, 6) is 1.18. The molecule has 0 aromatic heterocycles. The van der Waals surface area contributed by atoms with Crippen molar-refractivity contribution in [1.82, 2.24) is 5.32 Å². The zero-order chi connectivity index (χ0) is 17.5. The van der Waals surface area contributed by atoms with Crippen LogP contribution in [0.4, 0.5) is 0 Å². The SMILES string of the molecule is CCOc1c(Cl)cc(C(=O)NC(CN)C2CCCCC2)cc1OC. The van der Waals surface area contributed by atoms with E-state index in [0.717, 1.165) is 12.8 Å². The minimum atomic E-state index is -0.181. The van der Waals surface area contributed by atoms with Gasteiger partial charge in [-0.05, 0) is 37.8 Å². The molecule has 6 heteroatoms. The van der Waals surface area contributed by atoms with Crippen LogP contribution >= 0.6 is 11.6 Å². The highest BCUT2D eigenvalue weighted by Gasteiger charge is 2.25. The van der Waals surface area contributed by atoms with Crippen molar-refractivity contribution < 1.29 is 14.3 Å². The van der Waals surface area contributed by atoms with Gasteiger partial charge >= 0.3 is 0 Å². The average molecular weight is 355 g/mol. The molecule has 1 aliphatic rings. The maximum Gasteiger partial charge on any atom is 0.251 e. The number of hydrogen-bond donors (Lipinski definition) is 2. The number of ether oxygens (including phenoxy) is 2. The Hall–Kier alpha value is -1.46. The summed E-state index contributed by atoms with van der Waals surface area (Å²) < 4.78 is 10.8. The van der Waals surface area contributed by atoms with Gasteiger partial charge in [0, 0.05) is 18.2 Å².